The lowest BCUT2D eigenvalue weighted by atomic mass is 9.98. The van der Waals surface area contributed by atoms with Gasteiger partial charge >= 0.3 is 0 Å². The Hall–Kier alpha value is -0.870. The van der Waals surface area contributed by atoms with Gasteiger partial charge in [0.05, 0.1) is 5.69 Å². The van der Waals surface area contributed by atoms with E-state index in [-0.39, 0.29) is 12.4 Å². The number of anilines is 1. The first-order chi connectivity index (χ1) is 7.84. The summed E-state index contributed by atoms with van der Waals surface area (Å²) in [6.07, 6.45) is 4.91. The van der Waals surface area contributed by atoms with Gasteiger partial charge in [-0.2, -0.15) is 0 Å². The second-order valence-corrected chi connectivity index (χ2v) is 4.96. The second kappa shape index (κ2) is 5.19. The average Bonchev–Trinajstić information content (AvgIpc) is 2.63. The highest BCUT2D eigenvalue weighted by Gasteiger charge is 2.28. The van der Waals surface area contributed by atoms with Crippen molar-refractivity contribution in [1.82, 2.24) is 15.3 Å². The zero-order valence-corrected chi connectivity index (χ0v) is 10.9. The standard InChI is InChI=1S/C12H18N4.ClH/c1-9-2-5-16(8-9)12-11(10-6-13-7-10)14-3-4-15-12;/h3-4,9-10,13H,2,5-8H2,1H3;1H. The molecule has 0 bridgehead atoms. The van der Waals surface area contributed by atoms with Gasteiger partial charge in [-0.3, -0.25) is 4.98 Å². The van der Waals surface area contributed by atoms with Gasteiger partial charge in [-0.15, -0.1) is 12.4 Å². The molecule has 1 aromatic heterocycles. The number of hydrogen-bond donors (Lipinski definition) is 1. The molecule has 1 N–H and O–H groups in total. The summed E-state index contributed by atoms with van der Waals surface area (Å²) in [6, 6.07) is 0. The SMILES string of the molecule is CC1CCN(c2nccnc2C2CNC2)C1.Cl. The van der Waals surface area contributed by atoms with Crippen LogP contribution in [0.15, 0.2) is 12.4 Å². The van der Waals surface area contributed by atoms with Gasteiger partial charge in [-0.05, 0) is 12.3 Å². The van der Waals surface area contributed by atoms with Crippen LogP contribution in [0.1, 0.15) is 25.0 Å². The van der Waals surface area contributed by atoms with Crippen molar-refractivity contribution in [1.29, 1.82) is 0 Å². The summed E-state index contributed by atoms with van der Waals surface area (Å²) in [7, 11) is 0. The molecule has 1 atom stereocenters. The van der Waals surface area contributed by atoms with Crippen molar-refractivity contribution < 1.29 is 0 Å². The fourth-order valence-electron chi connectivity index (χ4n) is 2.48. The fraction of sp³-hybridized carbons (Fsp3) is 0.667. The van der Waals surface area contributed by atoms with Crippen molar-refractivity contribution in [2.45, 2.75) is 19.3 Å². The van der Waals surface area contributed by atoms with Gasteiger partial charge in [0.25, 0.3) is 0 Å². The Kier molecular flexibility index (Phi) is 3.84. The van der Waals surface area contributed by atoms with E-state index < -0.39 is 0 Å². The molecule has 0 aromatic carbocycles. The van der Waals surface area contributed by atoms with Gasteiger partial charge < -0.3 is 10.2 Å². The number of nitrogens with one attached hydrogen (secondary N) is 1. The van der Waals surface area contributed by atoms with Crippen LogP contribution >= 0.6 is 12.4 Å². The molecule has 0 radical (unpaired) electrons. The zero-order valence-electron chi connectivity index (χ0n) is 10.1. The molecule has 5 heteroatoms. The molecule has 2 aliphatic heterocycles. The quantitative estimate of drug-likeness (QED) is 0.867. The van der Waals surface area contributed by atoms with Crippen molar-refractivity contribution in [3.05, 3.63) is 18.1 Å². The van der Waals surface area contributed by atoms with Crippen LogP contribution < -0.4 is 10.2 Å². The fourth-order valence-corrected chi connectivity index (χ4v) is 2.48. The Morgan fingerprint density at radius 2 is 2.06 bits per heavy atom. The van der Waals surface area contributed by atoms with Crippen LogP contribution in [0.5, 0.6) is 0 Å². The monoisotopic (exact) mass is 254 g/mol. The molecule has 0 amide bonds. The average molecular weight is 255 g/mol. The molecule has 1 unspecified atom stereocenters. The lowest BCUT2D eigenvalue weighted by molar-refractivity contribution is 0.438. The molecule has 2 saturated heterocycles. The van der Waals surface area contributed by atoms with Crippen molar-refractivity contribution in [2.75, 3.05) is 31.1 Å². The van der Waals surface area contributed by atoms with Crippen LogP contribution in [0.4, 0.5) is 5.82 Å². The van der Waals surface area contributed by atoms with Gasteiger partial charge in [0.2, 0.25) is 0 Å². The minimum Gasteiger partial charge on any atom is -0.355 e. The lowest BCUT2D eigenvalue weighted by Crippen LogP contribution is -2.41. The van der Waals surface area contributed by atoms with Crippen molar-refractivity contribution in [3.63, 3.8) is 0 Å². The first-order valence-electron chi connectivity index (χ1n) is 6.11. The summed E-state index contributed by atoms with van der Waals surface area (Å²) in [5, 5.41) is 3.30. The molecule has 1 aromatic rings. The van der Waals surface area contributed by atoms with E-state index in [1.807, 2.05) is 12.4 Å². The molecular weight excluding hydrogens is 236 g/mol. The highest BCUT2D eigenvalue weighted by molar-refractivity contribution is 5.85. The maximum absolute atomic E-state index is 4.53. The van der Waals surface area contributed by atoms with Crippen LogP contribution in [0.25, 0.3) is 0 Å². The summed E-state index contributed by atoms with van der Waals surface area (Å²) < 4.78 is 0. The Morgan fingerprint density at radius 3 is 2.65 bits per heavy atom. The number of hydrogen-bond acceptors (Lipinski definition) is 4. The normalized spacial score (nSPS) is 24.3. The van der Waals surface area contributed by atoms with Crippen LogP contribution in [0.2, 0.25) is 0 Å². The Balaban J connectivity index is 0.00000108. The van der Waals surface area contributed by atoms with Gasteiger partial charge in [-0.25, -0.2) is 4.98 Å². The number of halogens is 1. The van der Waals surface area contributed by atoms with E-state index in [9.17, 15) is 0 Å². The smallest absolute Gasteiger partial charge is 0.150 e. The summed E-state index contributed by atoms with van der Waals surface area (Å²) in [4.78, 5) is 11.5. The number of rotatable bonds is 2. The molecular formula is C12H19ClN4. The molecule has 94 valence electrons. The Labute approximate surface area is 108 Å². The predicted molar refractivity (Wildman–Crippen MR) is 70.9 cm³/mol. The second-order valence-electron chi connectivity index (χ2n) is 4.96. The van der Waals surface area contributed by atoms with E-state index in [0.717, 1.165) is 37.9 Å². The maximum atomic E-state index is 4.53. The third-order valence-corrected chi connectivity index (χ3v) is 3.60. The third-order valence-electron chi connectivity index (χ3n) is 3.60. The molecule has 2 fully saturated rings. The number of aromatic nitrogens is 2. The molecule has 3 rings (SSSR count). The molecule has 0 spiro atoms. The van der Waals surface area contributed by atoms with Gasteiger partial charge in [-0.1, -0.05) is 6.92 Å². The summed E-state index contributed by atoms with van der Waals surface area (Å²) in [5.41, 5.74) is 1.19. The minimum absolute atomic E-state index is 0. The van der Waals surface area contributed by atoms with Crippen molar-refractivity contribution >= 4 is 18.2 Å². The first kappa shape index (κ1) is 12.6. The minimum atomic E-state index is 0. The summed E-state index contributed by atoms with van der Waals surface area (Å²) >= 11 is 0. The summed E-state index contributed by atoms with van der Waals surface area (Å²) in [5.74, 6) is 2.48. The molecule has 0 aliphatic carbocycles. The number of nitrogens with zero attached hydrogens (tertiary/aromatic N) is 3. The third kappa shape index (κ3) is 2.38. The van der Waals surface area contributed by atoms with Crippen molar-refractivity contribution in [2.24, 2.45) is 5.92 Å². The largest absolute Gasteiger partial charge is 0.355 e. The van der Waals surface area contributed by atoms with Crippen LogP contribution in [-0.2, 0) is 0 Å². The van der Waals surface area contributed by atoms with Crippen LogP contribution in [0, 0.1) is 5.92 Å². The van der Waals surface area contributed by atoms with Crippen molar-refractivity contribution in [3.8, 4) is 0 Å². The van der Waals surface area contributed by atoms with Crippen LogP contribution in [-0.4, -0.2) is 36.1 Å². The summed E-state index contributed by atoms with van der Waals surface area (Å²) in [6.45, 7) is 6.67. The topological polar surface area (TPSA) is 41.1 Å². The van der Waals surface area contributed by atoms with E-state index in [0.29, 0.717) is 5.92 Å². The molecule has 0 saturated carbocycles. The Morgan fingerprint density at radius 1 is 1.29 bits per heavy atom. The molecule has 17 heavy (non-hydrogen) atoms. The van der Waals surface area contributed by atoms with E-state index in [1.165, 1.54) is 12.1 Å². The van der Waals surface area contributed by atoms with Gasteiger partial charge in [0, 0.05) is 44.5 Å². The highest BCUT2D eigenvalue weighted by atomic mass is 35.5. The molecule has 3 heterocycles. The van der Waals surface area contributed by atoms with E-state index >= 15 is 0 Å². The maximum Gasteiger partial charge on any atom is 0.150 e. The Bertz CT molecular complexity index is 381. The van der Waals surface area contributed by atoms with E-state index in [1.54, 1.807) is 0 Å². The van der Waals surface area contributed by atoms with E-state index in [4.69, 9.17) is 0 Å². The predicted octanol–water partition coefficient (Wildman–Crippen LogP) is 1.43. The highest BCUT2D eigenvalue weighted by Crippen LogP contribution is 2.29. The van der Waals surface area contributed by atoms with E-state index in [2.05, 4.69) is 27.1 Å². The molecule has 2 aliphatic rings. The first-order valence-corrected chi connectivity index (χ1v) is 6.11. The van der Waals surface area contributed by atoms with Gasteiger partial charge in [0.1, 0.15) is 0 Å². The molecule has 4 nitrogen and oxygen atoms in total. The lowest BCUT2D eigenvalue weighted by Gasteiger charge is -2.30. The zero-order chi connectivity index (χ0) is 11.0. The van der Waals surface area contributed by atoms with Crippen LogP contribution in [0.3, 0.4) is 0 Å². The van der Waals surface area contributed by atoms with Gasteiger partial charge in [0.15, 0.2) is 5.82 Å².